The van der Waals surface area contributed by atoms with Gasteiger partial charge in [0.25, 0.3) is 11.6 Å². The summed E-state index contributed by atoms with van der Waals surface area (Å²) in [6, 6.07) is 3.84. The Labute approximate surface area is 165 Å². The maximum atomic E-state index is 12.6. The van der Waals surface area contributed by atoms with Crippen LogP contribution in [0.2, 0.25) is 5.02 Å². The fourth-order valence-electron chi connectivity index (χ4n) is 2.76. The summed E-state index contributed by atoms with van der Waals surface area (Å²) in [4.78, 5) is 31.3. The molecule has 1 aromatic heterocycles. The Hall–Kier alpha value is -2.07. The van der Waals surface area contributed by atoms with E-state index in [9.17, 15) is 14.9 Å². The highest BCUT2D eigenvalue weighted by Gasteiger charge is 2.20. The lowest BCUT2D eigenvalue weighted by Crippen LogP contribution is -2.35. The van der Waals surface area contributed by atoms with Crippen LogP contribution in [0.15, 0.2) is 23.6 Å². The number of non-ortho nitro benzene ring substituents is 1. The van der Waals surface area contributed by atoms with Crippen molar-refractivity contribution in [1.29, 1.82) is 0 Å². The molecule has 1 aliphatic heterocycles. The number of amides is 1. The number of nitro groups is 1. The van der Waals surface area contributed by atoms with Crippen molar-refractivity contribution in [1.82, 2.24) is 14.8 Å². The van der Waals surface area contributed by atoms with Crippen LogP contribution >= 0.6 is 22.9 Å². The maximum Gasteiger partial charge on any atom is 0.270 e. The second kappa shape index (κ2) is 8.75. The van der Waals surface area contributed by atoms with Crippen LogP contribution in [-0.4, -0.2) is 59.0 Å². The molecular weight excluding hydrogens is 392 g/mol. The number of carbonyl (C=O) groups is 1. The van der Waals surface area contributed by atoms with Crippen LogP contribution in [0.4, 0.5) is 5.69 Å². The lowest BCUT2D eigenvalue weighted by atomic mass is 10.1. The monoisotopic (exact) mass is 410 g/mol. The molecule has 0 N–H and O–H groups in total. The van der Waals surface area contributed by atoms with Crippen LogP contribution in [0.25, 0.3) is 0 Å². The highest BCUT2D eigenvalue weighted by molar-refractivity contribution is 7.09. The van der Waals surface area contributed by atoms with E-state index < -0.39 is 4.92 Å². The van der Waals surface area contributed by atoms with Crippen molar-refractivity contribution in [3.05, 3.63) is 55.0 Å². The molecule has 1 aromatic carbocycles. The first-order valence-electron chi connectivity index (χ1n) is 8.37. The summed E-state index contributed by atoms with van der Waals surface area (Å²) >= 11 is 7.61. The average Bonchev–Trinajstić information content (AvgIpc) is 3.09. The number of ether oxygens (including phenoxy) is 1. The summed E-state index contributed by atoms with van der Waals surface area (Å²) in [6.07, 6.45) is 0. The third-order valence-electron chi connectivity index (χ3n) is 4.20. The summed E-state index contributed by atoms with van der Waals surface area (Å²) in [6.45, 7) is 4.32. The molecule has 2 aromatic rings. The van der Waals surface area contributed by atoms with E-state index in [1.54, 1.807) is 18.4 Å². The Kier molecular flexibility index (Phi) is 6.38. The number of carbonyl (C=O) groups excluding carboxylic acids is 1. The summed E-state index contributed by atoms with van der Waals surface area (Å²) in [5.41, 5.74) is 0.718. The van der Waals surface area contributed by atoms with Gasteiger partial charge in [-0.25, -0.2) is 4.98 Å². The number of aromatic nitrogens is 1. The molecule has 8 nitrogen and oxygen atoms in total. The second-order valence-electron chi connectivity index (χ2n) is 6.20. The number of morpholine rings is 1. The second-order valence-corrected chi connectivity index (χ2v) is 7.55. The first-order chi connectivity index (χ1) is 12.9. The molecule has 0 radical (unpaired) electrons. The van der Waals surface area contributed by atoms with Crippen molar-refractivity contribution < 1.29 is 14.5 Å². The molecule has 144 valence electrons. The van der Waals surface area contributed by atoms with E-state index in [0.717, 1.165) is 43.5 Å². The number of hydrogen-bond donors (Lipinski definition) is 0. The zero-order valence-electron chi connectivity index (χ0n) is 14.8. The number of halogens is 1. The molecule has 0 aliphatic carbocycles. The van der Waals surface area contributed by atoms with Gasteiger partial charge in [-0.1, -0.05) is 11.6 Å². The van der Waals surface area contributed by atoms with Gasteiger partial charge in [0.05, 0.1) is 47.5 Å². The van der Waals surface area contributed by atoms with Crippen molar-refractivity contribution in [2.24, 2.45) is 0 Å². The molecule has 2 heterocycles. The Morgan fingerprint density at radius 1 is 1.44 bits per heavy atom. The molecule has 0 saturated carbocycles. The molecule has 0 bridgehead atoms. The van der Waals surface area contributed by atoms with Crippen LogP contribution in [0.3, 0.4) is 0 Å². The first kappa shape index (κ1) is 19.7. The van der Waals surface area contributed by atoms with Crippen molar-refractivity contribution in [3.8, 4) is 0 Å². The minimum Gasteiger partial charge on any atom is -0.379 e. The van der Waals surface area contributed by atoms with Gasteiger partial charge in [-0.2, -0.15) is 0 Å². The Morgan fingerprint density at radius 3 is 2.89 bits per heavy atom. The largest absolute Gasteiger partial charge is 0.379 e. The number of nitro benzene ring substituents is 1. The molecule has 10 heteroatoms. The van der Waals surface area contributed by atoms with E-state index in [2.05, 4.69) is 9.88 Å². The summed E-state index contributed by atoms with van der Waals surface area (Å²) in [5, 5.41) is 14.0. The zero-order chi connectivity index (χ0) is 19.4. The fraction of sp³-hybridized carbons (Fsp3) is 0.412. The Bertz CT molecular complexity index is 838. The van der Waals surface area contributed by atoms with Crippen LogP contribution in [-0.2, 0) is 17.8 Å². The van der Waals surface area contributed by atoms with Crippen LogP contribution in [0.5, 0.6) is 0 Å². The fourth-order valence-corrected chi connectivity index (χ4v) is 3.78. The molecule has 27 heavy (non-hydrogen) atoms. The van der Waals surface area contributed by atoms with Crippen molar-refractivity contribution in [2.75, 3.05) is 33.4 Å². The minimum absolute atomic E-state index is 0.108. The third kappa shape index (κ3) is 5.01. The van der Waals surface area contributed by atoms with E-state index in [-0.39, 0.29) is 22.2 Å². The molecule has 0 atom stereocenters. The van der Waals surface area contributed by atoms with Crippen LogP contribution in [0.1, 0.15) is 21.1 Å². The normalized spacial score (nSPS) is 14.9. The molecule has 0 unspecified atom stereocenters. The smallest absolute Gasteiger partial charge is 0.270 e. The lowest BCUT2D eigenvalue weighted by molar-refractivity contribution is -0.384. The van der Waals surface area contributed by atoms with Crippen molar-refractivity contribution in [3.63, 3.8) is 0 Å². The predicted octanol–water partition coefficient (Wildman–Crippen LogP) is 2.81. The standard InChI is InChI=1S/C17H19ClN4O4S/c1-20(17(23)14-8-13(22(24)25)2-3-15(14)18)9-12-11-27-16(19-12)10-21-4-6-26-7-5-21/h2-3,8,11H,4-7,9-10H2,1H3. The SMILES string of the molecule is CN(Cc1csc(CN2CCOCC2)n1)C(=O)c1cc([N+](=O)[O-])ccc1Cl. The minimum atomic E-state index is -0.550. The van der Waals surface area contributed by atoms with Gasteiger partial charge in [0.15, 0.2) is 0 Å². The van der Waals surface area contributed by atoms with Gasteiger partial charge in [0.1, 0.15) is 5.01 Å². The molecular formula is C17H19ClN4O4S. The lowest BCUT2D eigenvalue weighted by Gasteiger charge is -2.25. The van der Waals surface area contributed by atoms with Gasteiger partial charge in [-0.3, -0.25) is 19.8 Å². The van der Waals surface area contributed by atoms with E-state index >= 15 is 0 Å². The number of rotatable bonds is 6. The van der Waals surface area contributed by atoms with Gasteiger partial charge >= 0.3 is 0 Å². The molecule has 1 aliphatic rings. The van der Waals surface area contributed by atoms with Gasteiger partial charge < -0.3 is 9.64 Å². The third-order valence-corrected chi connectivity index (χ3v) is 5.41. The Balaban J connectivity index is 1.65. The van der Waals surface area contributed by atoms with Crippen molar-refractivity contribution >= 4 is 34.5 Å². The van der Waals surface area contributed by atoms with Crippen LogP contribution < -0.4 is 0 Å². The summed E-state index contributed by atoms with van der Waals surface area (Å²) in [5.74, 6) is -0.383. The Morgan fingerprint density at radius 2 is 2.19 bits per heavy atom. The van der Waals surface area contributed by atoms with Gasteiger partial charge in [-0.05, 0) is 6.07 Å². The molecule has 3 rings (SSSR count). The average molecular weight is 411 g/mol. The highest BCUT2D eigenvalue weighted by atomic mass is 35.5. The maximum absolute atomic E-state index is 12.6. The quantitative estimate of drug-likeness (QED) is 0.537. The van der Waals surface area contributed by atoms with Gasteiger partial charge in [0, 0.05) is 37.6 Å². The number of thiazole rings is 1. The topological polar surface area (TPSA) is 88.8 Å². The van der Waals surface area contributed by atoms with E-state index in [0.29, 0.717) is 6.54 Å². The molecule has 1 saturated heterocycles. The predicted molar refractivity (Wildman–Crippen MR) is 102 cm³/mol. The van der Waals surface area contributed by atoms with E-state index in [1.807, 2.05) is 5.38 Å². The number of nitrogens with zero attached hydrogens (tertiary/aromatic N) is 4. The van der Waals surface area contributed by atoms with Gasteiger partial charge in [0.2, 0.25) is 0 Å². The first-order valence-corrected chi connectivity index (χ1v) is 9.62. The molecule has 0 spiro atoms. The molecule has 1 amide bonds. The molecule has 1 fully saturated rings. The summed E-state index contributed by atoms with van der Waals surface area (Å²) in [7, 11) is 1.62. The van der Waals surface area contributed by atoms with Crippen LogP contribution in [0, 0.1) is 10.1 Å². The number of benzene rings is 1. The van der Waals surface area contributed by atoms with E-state index in [1.165, 1.54) is 23.1 Å². The summed E-state index contributed by atoms with van der Waals surface area (Å²) < 4.78 is 5.34. The zero-order valence-corrected chi connectivity index (χ0v) is 16.3. The van der Waals surface area contributed by atoms with E-state index in [4.69, 9.17) is 16.3 Å². The van der Waals surface area contributed by atoms with Crippen molar-refractivity contribution in [2.45, 2.75) is 13.1 Å². The highest BCUT2D eigenvalue weighted by Crippen LogP contribution is 2.24. The van der Waals surface area contributed by atoms with Gasteiger partial charge in [-0.15, -0.1) is 11.3 Å². The number of hydrogen-bond acceptors (Lipinski definition) is 7.